The smallest absolute Gasteiger partial charge is 0.249 e. The number of ether oxygens (including phenoxy) is 1. The number of amides is 2. The number of piperidine rings is 1. The minimum Gasteiger partial charge on any atom is -0.495 e. The molecular formula is C15H21ClN2O3. The summed E-state index contributed by atoms with van der Waals surface area (Å²) in [6.07, 6.45) is 0.782. The van der Waals surface area contributed by atoms with E-state index in [0.29, 0.717) is 29.3 Å². The van der Waals surface area contributed by atoms with Gasteiger partial charge in [-0.15, -0.1) is 0 Å². The number of carbonyl (C=O) groups excluding carboxylic acids is 2. The summed E-state index contributed by atoms with van der Waals surface area (Å²) in [5, 5.41) is 5.96. The summed E-state index contributed by atoms with van der Waals surface area (Å²) in [7, 11) is 1.55. The van der Waals surface area contributed by atoms with E-state index in [4.69, 9.17) is 16.3 Å². The molecule has 1 aromatic rings. The van der Waals surface area contributed by atoms with Gasteiger partial charge in [-0.25, -0.2) is 0 Å². The zero-order chi connectivity index (χ0) is 16.0. The van der Waals surface area contributed by atoms with Crippen molar-refractivity contribution in [3.8, 4) is 5.75 Å². The first kappa shape index (κ1) is 17.3. The number of halogens is 1. The SMILES string of the molecule is CC.COc1cc(C)c(Cl)cc1NC1CCC(=O)NC1=O. The molecule has 5 nitrogen and oxygen atoms in total. The van der Waals surface area contributed by atoms with Crippen LogP contribution < -0.4 is 15.4 Å². The van der Waals surface area contributed by atoms with Gasteiger partial charge >= 0.3 is 0 Å². The largest absolute Gasteiger partial charge is 0.495 e. The van der Waals surface area contributed by atoms with Crippen molar-refractivity contribution in [1.82, 2.24) is 5.32 Å². The second-order valence-corrected chi connectivity index (χ2v) is 4.86. The lowest BCUT2D eigenvalue weighted by Gasteiger charge is -2.24. The molecule has 6 heteroatoms. The average Bonchev–Trinajstić information content (AvgIpc) is 2.47. The molecule has 1 aliphatic heterocycles. The highest BCUT2D eigenvalue weighted by Crippen LogP contribution is 2.31. The Morgan fingerprint density at radius 1 is 1.33 bits per heavy atom. The number of aryl methyl sites for hydroxylation is 1. The number of nitrogens with one attached hydrogen (secondary N) is 2. The van der Waals surface area contributed by atoms with Gasteiger partial charge in [0, 0.05) is 11.4 Å². The highest BCUT2D eigenvalue weighted by Gasteiger charge is 2.27. The summed E-state index contributed by atoms with van der Waals surface area (Å²) in [4.78, 5) is 22.8. The molecule has 0 aliphatic carbocycles. The molecule has 0 radical (unpaired) electrons. The van der Waals surface area contributed by atoms with Crippen molar-refractivity contribution in [3.63, 3.8) is 0 Å². The first-order valence-electron chi connectivity index (χ1n) is 6.95. The van der Waals surface area contributed by atoms with Crippen molar-refractivity contribution in [2.75, 3.05) is 12.4 Å². The molecule has 1 atom stereocenters. The van der Waals surface area contributed by atoms with Gasteiger partial charge in [0.2, 0.25) is 11.8 Å². The van der Waals surface area contributed by atoms with E-state index in [0.717, 1.165) is 5.56 Å². The molecule has 116 valence electrons. The molecule has 0 bridgehead atoms. The average molecular weight is 313 g/mol. The van der Waals surface area contributed by atoms with Crippen molar-refractivity contribution in [2.24, 2.45) is 0 Å². The number of imide groups is 1. The third kappa shape index (κ3) is 4.36. The summed E-state index contributed by atoms with van der Waals surface area (Å²) in [6, 6.07) is 3.07. The Labute approximate surface area is 130 Å². The van der Waals surface area contributed by atoms with Crippen LogP contribution in [0.3, 0.4) is 0 Å². The molecule has 1 fully saturated rings. The van der Waals surface area contributed by atoms with Crippen LogP contribution in [0.5, 0.6) is 5.75 Å². The topological polar surface area (TPSA) is 67.4 Å². The van der Waals surface area contributed by atoms with Crippen molar-refractivity contribution in [3.05, 3.63) is 22.7 Å². The molecule has 1 saturated heterocycles. The molecule has 1 heterocycles. The third-order valence-corrected chi connectivity index (χ3v) is 3.46. The van der Waals surface area contributed by atoms with Gasteiger partial charge in [0.15, 0.2) is 0 Å². The second-order valence-electron chi connectivity index (χ2n) is 4.45. The van der Waals surface area contributed by atoms with Crippen LogP contribution in [-0.4, -0.2) is 25.0 Å². The molecule has 2 N–H and O–H groups in total. The summed E-state index contributed by atoms with van der Waals surface area (Å²) in [5.41, 5.74) is 1.54. The van der Waals surface area contributed by atoms with Crippen molar-refractivity contribution >= 4 is 29.1 Å². The first-order valence-corrected chi connectivity index (χ1v) is 7.33. The predicted octanol–water partition coefficient (Wildman–Crippen LogP) is 2.90. The van der Waals surface area contributed by atoms with E-state index in [9.17, 15) is 9.59 Å². The maximum atomic E-state index is 11.7. The predicted molar refractivity (Wildman–Crippen MR) is 83.9 cm³/mol. The van der Waals surface area contributed by atoms with E-state index in [1.165, 1.54) is 0 Å². The number of methoxy groups -OCH3 is 1. The molecule has 2 amide bonds. The second kappa shape index (κ2) is 7.88. The fraction of sp³-hybridized carbons (Fsp3) is 0.467. The Hall–Kier alpha value is -1.75. The van der Waals surface area contributed by atoms with E-state index < -0.39 is 6.04 Å². The molecule has 1 aromatic carbocycles. The van der Waals surface area contributed by atoms with Crippen LogP contribution in [0.15, 0.2) is 12.1 Å². The summed E-state index contributed by atoms with van der Waals surface area (Å²) in [6.45, 7) is 5.88. The normalized spacial score (nSPS) is 17.5. The van der Waals surface area contributed by atoms with Crippen LogP contribution in [-0.2, 0) is 9.59 Å². The summed E-state index contributed by atoms with van der Waals surface area (Å²) in [5.74, 6) is 0.0542. The first-order chi connectivity index (χ1) is 10.0. The molecule has 0 aromatic heterocycles. The number of hydrogen-bond donors (Lipinski definition) is 2. The van der Waals surface area contributed by atoms with Crippen molar-refractivity contribution in [1.29, 1.82) is 0 Å². The monoisotopic (exact) mass is 312 g/mol. The van der Waals surface area contributed by atoms with Crippen LogP contribution in [0.4, 0.5) is 5.69 Å². The quantitative estimate of drug-likeness (QED) is 0.842. The van der Waals surface area contributed by atoms with E-state index in [-0.39, 0.29) is 11.8 Å². The number of carbonyl (C=O) groups is 2. The standard InChI is InChI=1S/C13H15ClN2O3.C2H6/c1-7-5-11(19-2)10(6-8(7)14)15-9-3-4-12(17)16-13(9)18;1-2/h5-6,9,15H,3-4H2,1-2H3,(H,16,17,18);1-2H3. The number of anilines is 1. The van der Waals surface area contributed by atoms with Gasteiger partial charge in [0.05, 0.1) is 12.8 Å². The molecule has 1 unspecified atom stereocenters. The minimum absolute atomic E-state index is 0.239. The highest BCUT2D eigenvalue weighted by atomic mass is 35.5. The molecule has 1 aliphatic rings. The maximum absolute atomic E-state index is 11.7. The molecule has 0 saturated carbocycles. The van der Waals surface area contributed by atoms with Gasteiger partial charge in [0.25, 0.3) is 0 Å². The Balaban J connectivity index is 0.00000106. The fourth-order valence-corrected chi connectivity index (χ4v) is 2.12. The van der Waals surface area contributed by atoms with Gasteiger partial charge in [-0.3, -0.25) is 14.9 Å². The van der Waals surface area contributed by atoms with Crippen LogP contribution in [0.1, 0.15) is 32.3 Å². The fourth-order valence-electron chi connectivity index (χ4n) is 1.96. The minimum atomic E-state index is -0.453. The summed E-state index contributed by atoms with van der Waals surface area (Å²) >= 11 is 6.07. The van der Waals surface area contributed by atoms with Crippen molar-refractivity contribution < 1.29 is 14.3 Å². The lowest BCUT2D eigenvalue weighted by molar-refractivity contribution is -0.133. The van der Waals surface area contributed by atoms with Crippen LogP contribution in [0.25, 0.3) is 0 Å². The van der Waals surface area contributed by atoms with E-state index in [2.05, 4.69) is 10.6 Å². The van der Waals surface area contributed by atoms with E-state index >= 15 is 0 Å². The molecule has 2 rings (SSSR count). The van der Waals surface area contributed by atoms with Gasteiger partial charge in [-0.2, -0.15) is 0 Å². The lowest BCUT2D eigenvalue weighted by Crippen LogP contribution is -2.47. The van der Waals surface area contributed by atoms with Crippen LogP contribution in [0.2, 0.25) is 5.02 Å². The van der Waals surface area contributed by atoms with Gasteiger partial charge in [-0.05, 0) is 31.0 Å². The van der Waals surface area contributed by atoms with Gasteiger partial charge in [0.1, 0.15) is 11.8 Å². The number of rotatable bonds is 3. The maximum Gasteiger partial charge on any atom is 0.249 e. The highest BCUT2D eigenvalue weighted by molar-refractivity contribution is 6.31. The van der Waals surface area contributed by atoms with E-state index in [1.54, 1.807) is 19.2 Å². The van der Waals surface area contributed by atoms with Crippen molar-refractivity contribution in [2.45, 2.75) is 39.7 Å². The zero-order valence-electron chi connectivity index (χ0n) is 12.7. The summed E-state index contributed by atoms with van der Waals surface area (Å²) < 4.78 is 5.26. The van der Waals surface area contributed by atoms with Crippen LogP contribution in [0, 0.1) is 6.92 Å². The number of hydrogen-bond acceptors (Lipinski definition) is 4. The zero-order valence-corrected chi connectivity index (χ0v) is 13.5. The molecule has 21 heavy (non-hydrogen) atoms. The van der Waals surface area contributed by atoms with Crippen LogP contribution >= 0.6 is 11.6 Å². The molecular weight excluding hydrogens is 292 g/mol. The Kier molecular flexibility index (Phi) is 6.49. The van der Waals surface area contributed by atoms with E-state index in [1.807, 2.05) is 20.8 Å². The number of benzene rings is 1. The van der Waals surface area contributed by atoms with Gasteiger partial charge in [-0.1, -0.05) is 25.4 Å². The Morgan fingerprint density at radius 2 is 2.00 bits per heavy atom. The lowest BCUT2D eigenvalue weighted by atomic mass is 10.1. The third-order valence-electron chi connectivity index (χ3n) is 3.05. The Bertz CT molecular complexity index is 532. The Morgan fingerprint density at radius 3 is 2.57 bits per heavy atom. The molecule has 0 spiro atoms. The van der Waals surface area contributed by atoms with Gasteiger partial charge < -0.3 is 10.1 Å².